The second-order valence-corrected chi connectivity index (χ2v) is 2.77. The number of fused-ring (bicyclic) bond motifs is 1. The fourth-order valence-electron chi connectivity index (χ4n) is 1.13. The number of oxazole rings is 1. The van der Waals surface area contributed by atoms with Crippen LogP contribution >= 0.6 is 0 Å². The van der Waals surface area contributed by atoms with Crippen molar-refractivity contribution in [2.75, 3.05) is 6.54 Å². The molecular weight excluding hydrogens is 192 g/mol. The quantitative estimate of drug-likeness (QED) is 0.790. The van der Waals surface area contributed by atoms with Crippen molar-refractivity contribution in [3.05, 3.63) is 30.2 Å². The van der Waals surface area contributed by atoms with Gasteiger partial charge in [-0.3, -0.25) is 0 Å². The van der Waals surface area contributed by atoms with Crippen molar-refractivity contribution in [2.24, 2.45) is 5.73 Å². The van der Waals surface area contributed by atoms with Crippen molar-refractivity contribution in [1.82, 2.24) is 4.98 Å². The zero-order valence-electron chi connectivity index (χ0n) is 8.97. The van der Waals surface area contributed by atoms with Crippen LogP contribution in [0.1, 0.15) is 25.8 Å². The minimum atomic E-state index is -0.813. The lowest BCUT2D eigenvalue weighted by molar-refractivity contribution is 0.154. The Kier molecular flexibility index (Phi) is 4.27. The van der Waals surface area contributed by atoms with Crippen molar-refractivity contribution in [3.63, 3.8) is 0 Å². The highest BCUT2D eigenvalue weighted by Gasteiger charge is 2.12. The first-order chi connectivity index (χ1) is 7.31. The molecule has 1 aromatic heterocycles. The van der Waals surface area contributed by atoms with E-state index in [0.29, 0.717) is 5.58 Å². The number of aliphatic hydroxyl groups is 1. The third-order valence-electron chi connectivity index (χ3n) is 1.82. The second-order valence-electron chi connectivity index (χ2n) is 2.77. The Morgan fingerprint density at radius 3 is 2.67 bits per heavy atom. The molecule has 0 amide bonds. The van der Waals surface area contributed by atoms with Gasteiger partial charge in [0.25, 0.3) is 0 Å². The summed E-state index contributed by atoms with van der Waals surface area (Å²) in [6, 6.07) is 7.34. The zero-order valence-corrected chi connectivity index (χ0v) is 8.97. The van der Waals surface area contributed by atoms with E-state index in [1.807, 2.05) is 32.0 Å². The molecule has 2 aromatic rings. The van der Waals surface area contributed by atoms with Gasteiger partial charge < -0.3 is 15.3 Å². The summed E-state index contributed by atoms with van der Waals surface area (Å²) in [5, 5.41) is 9.35. The van der Waals surface area contributed by atoms with Gasteiger partial charge in [-0.05, 0) is 12.1 Å². The summed E-state index contributed by atoms with van der Waals surface area (Å²) >= 11 is 0. The maximum atomic E-state index is 9.35. The van der Waals surface area contributed by atoms with Gasteiger partial charge in [0.15, 0.2) is 5.58 Å². The molecule has 0 fully saturated rings. The summed E-state index contributed by atoms with van der Waals surface area (Å²) < 4.78 is 5.28. The van der Waals surface area contributed by atoms with Crippen LogP contribution in [0.4, 0.5) is 0 Å². The number of para-hydroxylation sites is 2. The normalized spacial score (nSPS) is 12.0. The largest absolute Gasteiger partial charge is 0.438 e. The van der Waals surface area contributed by atoms with Gasteiger partial charge in [-0.15, -0.1) is 0 Å². The number of hydrogen-bond donors (Lipinski definition) is 2. The molecule has 1 atom stereocenters. The van der Waals surface area contributed by atoms with E-state index in [9.17, 15) is 5.11 Å². The number of benzene rings is 1. The van der Waals surface area contributed by atoms with E-state index >= 15 is 0 Å². The molecule has 0 aliphatic heterocycles. The number of aliphatic hydroxyl groups excluding tert-OH is 1. The number of aromatic nitrogens is 1. The van der Waals surface area contributed by atoms with Crippen LogP contribution < -0.4 is 5.73 Å². The van der Waals surface area contributed by atoms with Crippen molar-refractivity contribution >= 4 is 11.1 Å². The molecule has 0 saturated carbocycles. The van der Waals surface area contributed by atoms with Crippen LogP contribution in [0.25, 0.3) is 11.1 Å². The van der Waals surface area contributed by atoms with Gasteiger partial charge in [-0.2, -0.15) is 0 Å². The van der Waals surface area contributed by atoms with Gasteiger partial charge in [0.2, 0.25) is 5.89 Å². The van der Waals surface area contributed by atoms with Gasteiger partial charge in [0, 0.05) is 6.54 Å². The zero-order chi connectivity index (χ0) is 11.3. The molecule has 82 valence electrons. The molecule has 2 rings (SSSR count). The Balaban J connectivity index is 0.000000531. The maximum Gasteiger partial charge on any atom is 0.225 e. The van der Waals surface area contributed by atoms with Gasteiger partial charge in [-0.1, -0.05) is 26.0 Å². The Morgan fingerprint density at radius 2 is 2.07 bits per heavy atom. The summed E-state index contributed by atoms with van der Waals surface area (Å²) in [6.07, 6.45) is -0.813. The smallest absolute Gasteiger partial charge is 0.225 e. The molecular formula is C11H16N2O2. The molecule has 0 aliphatic rings. The minimum absolute atomic E-state index is 0.118. The van der Waals surface area contributed by atoms with Crippen LogP contribution in [0.15, 0.2) is 28.7 Å². The van der Waals surface area contributed by atoms with Gasteiger partial charge in [0.1, 0.15) is 11.6 Å². The Morgan fingerprint density at radius 1 is 1.40 bits per heavy atom. The van der Waals surface area contributed by atoms with Gasteiger partial charge >= 0.3 is 0 Å². The average Bonchev–Trinajstić information content (AvgIpc) is 2.74. The molecule has 1 aromatic carbocycles. The van der Waals surface area contributed by atoms with Crippen molar-refractivity contribution in [2.45, 2.75) is 20.0 Å². The Labute approximate surface area is 88.7 Å². The first-order valence-electron chi connectivity index (χ1n) is 5.05. The Hall–Kier alpha value is -1.39. The second kappa shape index (κ2) is 5.48. The molecule has 3 N–H and O–H groups in total. The molecule has 4 heteroatoms. The highest BCUT2D eigenvalue weighted by molar-refractivity contribution is 5.72. The summed E-state index contributed by atoms with van der Waals surface area (Å²) in [7, 11) is 0. The molecule has 4 nitrogen and oxygen atoms in total. The average molecular weight is 208 g/mol. The van der Waals surface area contributed by atoms with E-state index in [2.05, 4.69) is 4.98 Å². The van der Waals surface area contributed by atoms with Gasteiger partial charge in [0.05, 0.1) is 0 Å². The van der Waals surface area contributed by atoms with E-state index in [1.54, 1.807) is 6.07 Å². The number of nitrogens with zero attached hydrogens (tertiary/aromatic N) is 1. The molecule has 0 saturated heterocycles. The van der Waals surface area contributed by atoms with E-state index in [1.165, 1.54) is 0 Å². The number of nitrogens with two attached hydrogens (primary N) is 1. The summed E-state index contributed by atoms with van der Waals surface area (Å²) in [5.74, 6) is 0.281. The van der Waals surface area contributed by atoms with E-state index in [0.717, 1.165) is 5.52 Å². The predicted octanol–water partition coefficient (Wildman–Crippen LogP) is 1.85. The first-order valence-corrected chi connectivity index (χ1v) is 5.05. The minimum Gasteiger partial charge on any atom is -0.438 e. The Bertz CT molecular complexity index is 379. The van der Waals surface area contributed by atoms with Crippen molar-refractivity contribution < 1.29 is 9.52 Å². The summed E-state index contributed by atoms with van der Waals surface area (Å²) in [6.45, 7) is 4.12. The van der Waals surface area contributed by atoms with Crippen molar-refractivity contribution in [3.8, 4) is 0 Å². The SMILES string of the molecule is CC.NCC(O)c1nc2ccccc2o1. The first kappa shape index (κ1) is 11.7. The third kappa shape index (κ3) is 2.55. The summed E-state index contributed by atoms with van der Waals surface area (Å²) in [5.41, 5.74) is 6.69. The van der Waals surface area contributed by atoms with E-state index in [4.69, 9.17) is 10.2 Å². The number of rotatable bonds is 2. The fraction of sp³-hybridized carbons (Fsp3) is 0.364. The van der Waals surface area contributed by atoms with Crippen molar-refractivity contribution in [1.29, 1.82) is 0 Å². The van der Waals surface area contributed by atoms with E-state index < -0.39 is 6.10 Å². The molecule has 0 radical (unpaired) electrons. The molecule has 0 spiro atoms. The highest BCUT2D eigenvalue weighted by atomic mass is 16.4. The highest BCUT2D eigenvalue weighted by Crippen LogP contribution is 2.18. The van der Waals surface area contributed by atoms with E-state index in [-0.39, 0.29) is 12.4 Å². The molecule has 1 unspecified atom stereocenters. The van der Waals surface area contributed by atoms with Crippen LogP contribution in [0.3, 0.4) is 0 Å². The lowest BCUT2D eigenvalue weighted by Gasteiger charge is -1.99. The molecule has 1 heterocycles. The fourth-order valence-corrected chi connectivity index (χ4v) is 1.13. The number of hydrogen-bond acceptors (Lipinski definition) is 4. The molecule has 15 heavy (non-hydrogen) atoms. The molecule has 0 bridgehead atoms. The topological polar surface area (TPSA) is 72.3 Å². The van der Waals surface area contributed by atoms with Gasteiger partial charge in [-0.25, -0.2) is 4.98 Å². The lowest BCUT2D eigenvalue weighted by atomic mass is 10.3. The molecule has 0 aliphatic carbocycles. The summed E-state index contributed by atoms with van der Waals surface area (Å²) in [4.78, 5) is 4.09. The standard InChI is InChI=1S/C9H10N2O2.C2H6/c10-5-7(12)9-11-6-3-1-2-4-8(6)13-9;1-2/h1-4,7,12H,5,10H2;1-2H3. The van der Waals surface area contributed by atoms with Crippen LogP contribution in [-0.4, -0.2) is 16.6 Å². The van der Waals surface area contributed by atoms with Crippen LogP contribution in [0.5, 0.6) is 0 Å². The van der Waals surface area contributed by atoms with Crippen LogP contribution in [0.2, 0.25) is 0 Å². The lowest BCUT2D eigenvalue weighted by Crippen LogP contribution is -2.11. The van der Waals surface area contributed by atoms with Crippen LogP contribution in [0, 0.1) is 0 Å². The van der Waals surface area contributed by atoms with Crippen LogP contribution in [-0.2, 0) is 0 Å². The third-order valence-corrected chi connectivity index (χ3v) is 1.82. The maximum absolute atomic E-state index is 9.35. The monoisotopic (exact) mass is 208 g/mol. The predicted molar refractivity (Wildman–Crippen MR) is 59.4 cm³/mol.